The third kappa shape index (κ3) is 4.03. The molecule has 0 aliphatic heterocycles. The second-order valence-electron chi connectivity index (χ2n) is 7.58. The molecule has 0 N–H and O–H groups in total. The van der Waals surface area contributed by atoms with Crippen LogP contribution in [0.4, 0.5) is 11.4 Å². The fourth-order valence-corrected chi connectivity index (χ4v) is 4.68. The minimum Gasteiger partial charge on any atom is -0.497 e. The number of thioether (sulfide) groups is 1. The van der Waals surface area contributed by atoms with Crippen molar-refractivity contribution in [3.05, 3.63) is 90.5 Å². The monoisotopic (exact) mass is 454 g/mol. The number of para-hydroxylation sites is 2. The zero-order valence-electron chi connectivity index (χ0n) is 18.3. The van der Waals surface area contributed by atoms with Gasteiger partial charge in [0.15, 0.2) is 10.8 Å². The van der Waals surface area contributed by atoms with Gasteiger partial charge in [-0.05, 0) is 60.3 Å². The van der Waals surface area contributed by atoms with Gasteiger partial charge in [0.2, 0.25) is 5.91 Å². The lowest BCUT2D eigenvalue weighted by Crippen LogP contribution is -2.27. The lowest BCUT2D eigenvalue weighted by Gasteiger charge is -2.22. The summed E-state index contributed by atoms with van der Waals surface area (Å²) in [6, 6.07) is 27.4. The number of hydrogen-bond acceptors (Lipinski definition) is 5. The third-order valence-electron chi connectivity index (χ3n) is 5.44. The predicted octanol–water partition coefficient (Wildman–Crippen LogP) is 5.66. The molecule has 0 atom stereocenters. The molecule has 0 radical (unpaired) electrons. The number of ether oxygens (including phenoxy) is 1. The van der Waals surface area contributed by atoms with Gasteiger partial charge in [-0.15, -0.1) is 10.2 Å². The van der Waals surface area contributed by atoms with E-state index >= 15 is 0 Å². The number of amides is 1. The molecule has 0 saturated heterocycles. The summed E-state index contributed by atoms with van der Waals surface area (Å²) in [5, 5.41) is 10.5. The molecule has 33 heavy (non-hydrogen) atoms. The molecule has 7 heteroatoms. The van der Waals surface area contributed by atoms with E-state index in [2.05, 4.69) is 16.3 Å². The SMILES string of the molecule is COc1ccc2cc(C)c3nnc(SCC(=O)N(c4ccccc4)c4ccccc4)n3c2c1. The Morgan fingerprint density at radius 2 is 1.61 bits per heavy atom. The first-order valence-corrected chi connectivity index (χ1v) is 11.5. The number of anilines is 2. The lowest BCUT2D eigenvalue weighted by atomic mass is 10.1. The van der Waals surface area contributed by atoms with Gasteiger partial charge in [-0.3, -0.25) is 14.1 Å². The number of hydrogen-bond donors (Lipinski definition) is 0. The Hall–Kier alpha value is -3.84. The Morgan fingerprint density at radius 3 is 2.24 bits per heavy atom. The van der Waals surface area contributed by atoms with Gasteiger partial charge in [0, 0.05) is 17.4 Å². The van der Waals surface area contributed by atoms with Crippen LogP contribution in [-0.2, 0) is 4.79 Å². The van der Waals surface area contributed by atoms with Gasteiger partial charge in [0.25, 0.3) is 0 Å². The van der Waals surface area contributed by atoms with Crippen molar-refractivity contribution in [1.29, 1.82) is 0 Å². The van der Waals surface area contributed by atoms with Crippen molar-refractivity contribution in [3.8, 4) is 5.75 Å². The average Bonchev–Trinajstić information content (AvgIpc) is 3.29. The summed E-state index contributed by atoms with van der Waals surface area (Å²) in [6.07, 6.45) is 0. The van der Waals surface area contributed by atoms with Gasteiger partial charge >= 0.3 is 0 Å². The van der Waals surface area contributed by atoms with Crippen molar-refractivity contribution >= 4 is 45.6 Å². The molecule has 2 heterocycles. The van der Waals surface area contributed by atoms with Crippen molar-refractivity contribution in [2.45, 2.75) is 12.1 Å². The molecule has 5 aromatic rings. The molecule has 0 saturated carbocycles. The van der Waals surface area contributed by atoms with E-state index in [1.165, 1.54) is 11.8 Å². The van der Waals surface area contributed by atoms with Crippen LogP contribution in [0.25, 0.3) is 16.6 Å². The lowest BCUT2D eigenvalue weighted by molar-refractivity contribution is -0.115. The molecule has 6 nitrogen and oxygen atoms in total. The van der Waals surface area contributed by atoms with E-state index in [-0.39, 0.29) is 11.7 Å². The Morgan fingerprint density at radius 1 is 0.939 bits per heavy atom. The molecular formula is C26H22N4O2S. The van der Waals surface area contributed by atoms with Crippen LogP contribution < -0.4 is 9.64 Å². The summed E-state index contributed by atoms with van der Waals surface area (Å²) in [6.45, 7) is 2.01. The first-order chi connectivity index (χ1) is 16.2. The fourth-order valence-electron chi connectivity index (χ4n) is 3.88. The molecular weight excluding hydrogens is 432 g/mol. The number of nitrogens with zero attached hydrogens (tertiary/aromatic N) is 4. The Balaban J connectivity index is 1.50. The molecule has 3 aromatic carbocycles. The zero-order valence-corrected chi connectivity index (χ0v) is 19.1. The highest BCUT2D eigenvalue weighted by Gasteiger charge is 2.20. The molecule has 0 spiro atoms. The highest BCUT2D eigenvalue weighted by Crippen LogP contribution is 2.30. The average molecular weight is 455 g/mol. The van der Waals surface area contributed by atoms with E-state index < -0.39 is 0 Å². The molecule has 1 amide bonds. The van der Waals surface area contributed by atoms with Gasteiger partial charge in [-0.1, -0.05) is 48.2 Å². The summed E-state index contributed by atoms with van der Waals surface area (Å²) in [4.78, 5) is 15.2. The van der Waals surface area contributed by atoms with Gasteiger partial charge in [-0.2, -0.15) is 0 Å². The number of aromatic nitrogens is 3. The first-order valence-electron chi connectivity index (χ1n) is 10.5. The Kier molecular flexibility index (Phi) is 5.71. The second kappa shape index (κ2) is 8.96. The summed E-state index contributed by atoms with van der Waals surface area (Å²) >= 11 is 1.38. The molecule has 0 aliphatic carbocycles. The zero-order chi connectivity index (χ0) is 22.8. The van der Waals surface area contributed by atoms with Crippen LogP contribution in [-0.4, -0.2) is 33.4 Å². The predicted molar refractivity (Wildman–Crippen MR) is 133 cm³/mol. The van der Waals surface area contributed by atoms with Crippen LogP contribution in [0.15, 0.2) is 90.1 Å². The van der Waals surface area contributed by atoms with Crippen LogP contribution in [0.5, 0.6) is 5.75 Å². The largest absolute Gasteiger partial charge is 0.497 e. The smallest absolute Gasteiger partial charge is 0.242 e. The summed E-state index contributed by atoms with van der Waals surface area (Å²) in [5.41, 5.74) is 4.39. The van der Waals surface area contributed by atoms with Gasteiger partial charge in [0.1, 0.15) is 5.75 Å². The maximum atomic E-state index is 13.4. The highest BCUT2D eigenvalue weighted by molar-refractivity contribution is 7.99. The molecule has 5 rings (SSSR count). The number of carbonyl (C=O) groups is 1. The maximum absolute atomic E-state index is 13.4. The number of benzene rings is 3. The highest BCUT2D eigenvalue weighted by atomic mass is 32.2. The molecule has 0 unspecified atom stereocenters. The normalized spacial score (nSPS) is 11.1. The van der Waals surface area contributed by atoms with E-state index in [9.17, 15) is 4.79 Å². The van der Waals surface area contributed by atoms with E-state index in [4.69, 9.17) is 4.74 Å². The Labute approximate surface area is 195 Å². The minimum absolute atomic E-state index is 0.0383. The fraction of sp³-hybridized carbons (Fsp3) is 0.115. The van der Waals surface area contributed by atoms with Crippen LogP contribution in [0.3, 0.4) is 0 Å². The summed E-state index contributed by atoms with van der Waals surface area (Å²) in [5.74, 6) is 0.931. The van der Waals surface area contributed by atoms with E-state index in [0.29, 0.717) is 5.16 Å². The third-order valence-corrected chi connectivity index (χ3v) is 6.35. The van der Waals surface area contributed by atoms with Crippen molar-refractivity contribution in [3.63, 3.8) is 0 Å². The van der Waals surface area contributed by atoms with E-state index in [1.807, 2.05) is 90.2 Å². The van der Waals surface area contributed by atoms with Crippen LogP contribution >= 0.6 is 11.8 Å². The number of aryl methyl sites for hydroxylation is 1. The van der Waals surface area contributed by atoms with Crippen LogP contribution in [0.1, 0.15) is 5.56 Å². The van der Waals surface area contributed by atoms with Gasteiger partial charge < -0.3 is 4.74 Å². The number of fused-ring (bicyclic) bond motifs is 3. The summed E-state index contributed by atoms with van der Waals surface area (Å²) < 4.78 is 7.42. The minimum atomic E-state index is -0.0383. The van der Waals surface area contributed by atoms with Crippen molar-refractivity contribution in [1.82, 2.24) is 14.6 Å². The molecule has 0 fully saturated rings. The number of carbonyl (C=O) groups excluding carboxylic acids is 1. The number of pyridine rings is 1. The molecule has 164 valence electrons. The van der Waals surface area contributed by atoms with E-state index in [1.54, 1.807) is 12.0 Å². The van der Waals surface area contributed by atoms with Crippen LogP contribution in [0.2, 0.25) is 0 Å². The van der Waals surface area contributed by atoms with Crippen molar-refractivity contribution < 1.29 is 9.53 Å². The second-order valence-corrected chi connectivity index (χ2v) is 8.53. The molecule has 0 bridgehead atoms. The van der Waals surface area contributed by atoms with Crippen molar-refractivity contribution in [2.24, 2.45) is 0 Å². The maximum Gasteiger partial charge on any atom is 0.242 e. The number of methoxy groups -OCH3 is 1. The standard InChI is InChI=1S/C26H22N4O2S/c1-18-15-19-13-14-22(32-2)16-23(19)30-25(18)27-28-26(30)33-17-24(31)29(20-9-5-3-6-10-20)21-11-7-4-8-12-21/h3-16H,17H2,1-2H3. The molecule has 0 aliphatic rings. The topological polar surface area (TPSA) is 59.7 Å². The Bertz CT molecular complexity index is 1400. The van der Waals surface area contributed by atoms with Crippen molar-refractivity contribution in [2.75, 3.05) is 17.8 Å². The molecule has 2 aromatic heterocycles. The number of rotatable bonds is 6. The van der Waals surface area contributed by atoms with Gasteiger partial charge in [-0.25, -0.2) is 0 Å². The quantitative estimate of drug-likeness (QED) is 0.310. The first kappa shape index (κ1) is 21.0. The van der Waals surface area contributed by atoms with E-state index in [0.717, 1.165) is 39.2 Å². The van der Waals surface area contributed by atoms with Gasteiger partial charge in [0.05, 0.1) is 18.4 Å². The summed E-state index contributed by atoms with van der Waals surface area (Å²) in [7, 11) is 1.65. The van der Waals surface area contributed by atoms with Crippen LogP contribution in [0, 0.1) is 6.92 Å².